The van der Waals surface area contributed by atoms with Crippen molar-refractivity contribution in [3.05, 3.63) is 78.3 Å². The van der Waals surface area contributed by atoms with E-state index in [-0.39, 0.29) is 5.56 Å². The zero-order valence-corrected chi connectivity index (χ0v) is 21.5. The number of halogens is 2. The Balaban J connectivity index is 1.16. The van der Waals surface area contributed by atoms with Gasteiger partial charge in [0.25, 0.3) is 0 Å². The van der Waals surface area contributed by atoms with E-state index in [9.17, 15) is 8.78 Å². The number of hydrogen-bond acceptors (Lipinski definition) is 8. The molecule has 1 fully saturated rings. The van der Waals surface area contributed by atoms with Crippen LogP contribution in [0.3, 0.4) is 0 Å². The van der Waals surface area contributed by atoms with Crippen molar-refractivity contribution >= 4 is 11.3 Å². The van der Waals surface area contributed by atoms with Crippen LogP contribution in [-0.2, 0) is 6.54 Å². The molecule has 0 amide bonds. The number of ether oxygens (including phenoxy) is 1. The molecule has 6 rings (SSSR count). The maximum Gasteiger partial charge on any atom is 0.221 e. The predicted molar refractivity (Wildman–Crippen MR) is 141 cm³/mol. The molecule has 2 atom stereocenters. The molecule has 2 aromatic carbocycles. The highest BCUT2D eigenvalue weighted by Gasteiger charge is 2.37. The van der Waals surface area contributed by atoms with E-state index in [1.54, 1.807) is 17.1 Å². The van der Waals surface area contributed by atoms with Crippen molar-refractivity contribution in [3.8, 4) is 28.4 Å². The van der Waals surface area contributed by atoms with Crippen LogP contribution in [0, 0.1) is 23.5 Å². The minimum atomic E-state index is -0.686. The summed E-state index contributed by atoms with van der Waals surface area (Å²) in [5, 5.41) is 8.26. The van der Waals surface area contributed by atoms with Gasteiger partial charge in [-0.1, -0.05) is 23.4 Å². The van der Waals surface area contributed by atoms with Crippen molar-refractivity contribution < 1.29 is 13.5 Å². The molecule has 39 heavy (non-hydrogen) atoms. The number of nitrogens with zero attached hydrogens (tertiary/aromatic N) is 8. The number of benzene rings is 2. The van der Waals surface area contributed by atoms with Crippen molar-refractivity contribution in [3.63, 3.8) is 0 Å². The van der Waals surface area contributed by atoms with E-state index in [0.717, 1.165) is 23.7 Å². The van der Waals surface area contributed by atoms with E-state index in [2.05, 4.69) is 49.2 Å². The molecule has 0 radical (unpaired) electrons. The third-order valence-electron chi connectivity index (χ3n) is 6.66. The van der Waals surface area contributed by atoms with Crippen molar-refractivity contribution in [2.75, 3.05) is 27.2 Å². The molecule has 0 saturated heterocycles. The molecule has 0 unspecified atom stereocenters. The van der Waals surface area contributed by atoms with Gasteiger partial charge >= 0.3 is 0 Å². The van der Waals surface area contributed by atoms with Gasteiger partial charge in [-0.05, 0) is 56.1 Å². The summed E-state index contributed by atoms with van der Waals surface area (Å²) in [6.45, 7) is 2.13. The maximum absolute atomic E-state index is 13.7. The molecule has 11 heteroatoms. The Labute approximate surface area is 223 Å². The van der Waals surface area contributed by atoms with Crippen molar-refractivity contribution in [2.24, 2.45) is 11.8 Å². The number of hydrogen-bond donors (Lipinski definition) is 0. The molecule has 0 N–H and O–H groups in total. The zero-order valence-electron chi connectivity index (χ0n) is 21.5. The van der Waals surface area contributed by atoms with Gasteiger partial charge in [0.05, 0.1) is 37.4 Å². The Morgan fingerprint density at radius 3 is 2.51 bits per heavy atom. The monoisotopic (exact) mass is 528 g/mol. The zero-order chi connectivity index (χ0) is 26.9. The quantitative estimate of drug-likeness (QED) is 0.280. The van der Waals surface area contributed by atoms with Crippen molar-refractivity contribution in [2.45, 2.75) is 13.0 Å². The first-order valence-corrected chi connectivity index (χ1v) is 12.6. The molecule has 1 aliphatic rings. The van der Waals surface area contributed by atoms with Crippen LogP contribution in [0.25, 0.3) is 33.9 Å². The third kappa shape index (κ3) is 5.73. The molecule has 0 aliphatic heterocycles. The second kappa shape index (κ2) is 10.4. The highest BCUT2D eigenvalue weighted by Crippen LogP contribution is 2.39. The number of rotatable bonds is 9. The van der Waals surface area contributed by atoms with Crippen LogP contribution >= 0.6 is 0 Å². The normalized spacial score (nSPS) is 16.6. The summed E-state index contributed by atoms with van der Waals surface area (Å²) < 4.78 is 34.9. The van der Waals surface area contributed by atoms with Crippen LogP contribution in [-0.4, -0.2) is 67.1 Å². The molecule has 0 bridgehead atoms. The summed E-state index contributed by atoms with van der Waals surface area (Å²) in [4.78, 5) is 20.0. The van der Waals surface area contributed by atoms with E-state index in [1.165, 1.54) is 24.8 Å². The predicted octanol–water partition coefficient (Wildman–Crippen LogP) is 4.25. The average molecular weight is 529 g/mol. The van der Waals surface area contributed by atoms with E-state index in [1.807, 2.05) is 24.3 Å². The van der Waals surface area contributed by atoms with E-state index in [4.69, 9.17) is 4.74 Å². The van der Waals surface area contributed by atoms with Crippen LogP contribution in [0.5, 0.6) is 5.75 Å². The standard InChI is InChI=1S/C28H26F2N8O/c1-37(2)15-20-7-21(20)16-39-24-11-31-26(32-12-24)18-5-3-4-17(6-18)14-38-28-27(35-36-38)33-13-25(34-28)19-8-22(29)10-23(30)9-19/h3-6,8-13,20-21H,7,14-16H2,1-2H3/t20-,21-/m1/s1. The maximum atomic E-state index is 13.7. The van der Waals surface area contributed by atoms with Crippen LogP contribution < -0.4 is 4.74 Å². The van der Waals surface area contributed by atoms with Gasteiger partial charge in [-0.15, -0.1) is 5.10 Å². The van der Waals surface area contributed by atoms with E-state index < -0.39 is 11.6 Å². The largest absolute Gasteiger partial charge is 0.490 e. The molecule has 5 aromatic rings. The molecule has 3 heterocycles. The van der Waals surface area contributed by atoms with E-state index in [0.29, 0.717) is 53.5 Å². The molecule has 1 saturated carbocycles. The summed E-state index contributed by atoms with van der Waals surface area (Å²) in [7, 11) is 4.18. The molecule has 9 nitrogen and oxygen atoms in total. The molecule has 1 aliphatic carbocycles. The lowest BCUT2D eigenvalue weighted by atomic mass is 10.1. The first-order chi connectivity index (χ1) is 18.9. The van der Waals surface area contributed by atoms with Crippen molar-refractivity contribution in [1.29, 1.82) is 0 Å². The van der Waals surface area contributed by atoms with Gasteiger partial charge in [0, 0.05) is 23.7 Å². The Kier molecular flexibility index (Phi) is 6.65. The van der Waals surface area contributed by atoms with Crippen LogP contribution in [0.4, 0.5) is 8.78 Å². The lowest BCUT2D eigenvalue weighted by Crippen LogP contribution is -2.16. The summed E-state index contributed by atoms with van der Waals surface area (Å²) in [6.07, 6.45) is 6.03. The lowest BCUT2D eigenvalue weighted by molar-refractivity contribution is 0.279. The summed E-state index contributed by atoms with van der Waals surface area (Å²) in [5.74, 6) is 1.16. The molecular formula is C28H26F2N8O. The summed E-state index contributed by atoms with van der Waals surface area (Å²) >= 11 is 0. The minimum Gasteiger partial charge on any atom is -0.490 e. The second-order valence-corrected chi connectivity index (χ2v) is 10.1. The van der Waals surface area contributed by atoms with Crippen LogP contribution in [0.15, 0.2) is 61.1 Å². The fraction of sp³-hybridized carbons (Fsp3) is 0.286. The number of aromatic nitrogens is 7. The molecule has 3 aromatic heterocycles. The Morgan fingerprint density at radius 1 is 0.949 bits per heavy atom. The van der Waals surface area contributed by atoms with Crippen molar-refractivity contribution in [1.82, 2.24) is 39.8 Å². The fourth-order valence-corrected chi connectivity index (χ4v) is 4.63. The Hall–Kier alpha value is -4.38. The smallest absolute Gasteiger partial charge is 0.221 e. The highest BCUT2D eigenvalue weighted by molar-refractivity contribution is 5.70. The first kappa shape index (κ1) is 24.9. The van der Waals surface area contributed by atoms with Gasteiger partial charge in [-0.25, -0.2) is 33.4 Å². The van der Waals surface area contributed by atoms with Gasteiger partial charge in [0.2, 0.25) is 5.65 Å². The Morgan fingerprint density at radius 2 is 1.74 bits per heavy atom. The molecule has 198 valence electrons. The van der Waals surface area contributed by atoms with Crippen LogP contribution in [0.1, 0.15) is 12.0 Å². The van der Waals surface area contributed by atoms with E-state index >= 15 is 0 Å². The first-order valence-electron chi connectivity index (χ1n) is 12.6. The number of fused-ring (bicyclic) bond motifs is 1. The highest BCUT2D eigenvalue weighted by atomic mass is 19.1. The van der Waals surface area contributed by atoms with Gasteiger partial charge < -0.3 is 9.64 Å². The Bertz CT molecular complexity index is 1600. The van der Waals surface area contributed by atoms with Crippen LogP contribution in [0.2, 0.25) is 0 Å². The molecule has 0 spiro atoms. The topological polar surface area (TPSA) is 94.7 Å². The lowest BCUT2D eigenvalue weighted by Gasteiger charge is -2.09. The van der Waals surface area contributed by atoms with Gasteiger partial charge in [0.15, 0.2) is 17.2 Å². The van der Waals surface area contributed by atoms with Gasteiger partial charge in [-0.2, -0.15) is 0 Å². The van der Waals surface area contributed by atoms with Gasteiger partial charge in [0.1, 0.15) is 11.6 Å². The third-order valence-corrected chi connectivity index (χ3v) is 6.66. The average Bonchev–Trinajstić information content (AvgIpc) is 3.53. The summed E-state index contributed by atoms with van der Waals surface area (Å²) in [5.41, 5.74) is 3.12. The summed E-state index contributed by atoms with van der Waals surface area (Å²) in [6, 6.07) is 11.0. The fourth-order valence-electron chi connectivity index (χ4n) is 4.63. The minimum absolute atomic E-state index is 0.284. The SMILES string of the molecule is CN(C)C[C@H]1C[C@@H]1COc1cnc(-c2cccc(Cn3nnc4ncc(-c5cc(F)cc(F)c5)nc43)c2)nc1. The molecular weight excluding hydrogens is 502 g/mol. The van der Waals surface area contributed by atoms with Gasteiger partial charge in [-0.3, -0.25) is 0 Å². The second-order valence-electron chi connectivity index (χ2n) is 10.1.